The second kappa shape index (κ2) is 5.89. The van der Waals surface area contributed by atoms with Crippen molar-refractivity contribution in [3.05, 3.63) is 52.8 Å². The number of allylic oxidation sites excluding steroid dienone is 2. The van der Waals surface area contributed by atoms with E-state index in [1.54, 1.807) is 35.8 Å². The SMILES string of the molecule is CC(/C=C1/C=C(c2ccc(Cl)cc2)O[B-](F)(F)O1)=[N+](C)C. The van der Waals surface area contributed by atoms with E-state index < -0.39 is 7.11 Å². The third-order valence-corrected chi connectivity index (χ3v) is 3.25. The molecule has 0 amide bonds. The van der Waals surface area contributed by atoms with E-state index in [9.17, 15) is 8.63 Å². The van der Waals surface area contributed by atoms with Crippen LogP contribution in [0.1, 0.15) is 12.5 Å². The van der Waals surface area contributed by atoms with Crippen LogP contribution < -0.4 is 0 Å². The van der Waals surface area contributed by atoms with Crippen LogP contribution in [-0.4, -0.2) is 31.5 Å². The van der Waals surface area contributed by atoms with Gasteiger partial charge in [0.2, 0.25) is 0 Å². The predicted octanol–water partition coefficient (Wildman–Crippen LogP) is 3.72. The quantitative estimate of drug-likeness (QED) is 0.471. The number of nitrogens with zero attached hydrogens (tertiary/aromatic N) is 1. The van der Waals surface area contributed by atoms with Crippen molar-refractivity contribution in [2.75, 3.05) is 14.1 Å². The summed E-state index contributed by atoms with van der Waals surface area (Å²) in [5.74, 6) is 0.114. The molecule has 0 spiro atoms. The summed E-state index contributed by atoms with van der Waals surface area (Å²) in [6.45, 7) is 1.80. The normalized spacial score (nSPS) is 18.6. The molecule has 0 N–H and O–H groups in total. The van der Waals surface area contributed by atoms with Gasteiger partial charge in [-0.15, -0.1) is 0 Å². The fourth-order valence-corrected chi connectivity index (χ4v) is 1.83. The lowest BCUT2D eigenvalue weighted by Crippen LogP contribution is -2.34. The average molecular weight is 314 g/mol. The summed E-state index contributed by atoms with van der Waals surface area (Å²) >= 11 is 5.79. The van der Waals surface area contributed by atoms with E-state index in [1.165, 1.54) is 12.2 Å². The van der Waals surface area contributed by atoms with E-state index in [-0.39, 0.29) is 11.5 Å². The van der Waals surface area contributed by atoms with Gasteiger partial charge in [-0.1, -0.05) is 11.6 Å². The van der Waals surface area contributed by atoms with Crippen molar-refractivity contribution >= 4 is 30.2 Å². The lowest BCUT2D eigenvalue weighted by atomic mass is 10.1. The molecule has 0 aromatic heterocycles. The Morgan fingerprint density at radius 2 is 1.81 bits per heavy atom. The Bertz CT molecular complexity index is 635. The molecular weight excluding hydrogens is 298 g/mol. The Morgan fingerprint density at radius 1 is 1.19 bits per heavy atom. The van der Waals surface area contributed by atoms with Gasteiger partial charge in [0, 0.05) is 29.7 Å². The van der Waals surface area contributed by atoms with E-state index in [1.807, 2.05) is 14.1 Å². The van der Waals surface area contributed by atoms with Crippen molar-refractivity contribution in [1.82, 2.24) is 0 Å². The third kappa shape index (κ3) is 4.08. The largest absolute Gasteiger partial charge is 0.725 e. The van der Waals surface area contributed by atoms with Gasteiger partial charge in [0.25, 0.3) is 0 Å². The summed E-state index contributed by atoms with van der Waals surface area (Å²) in [6.07, 6.45) is 2.98. The molecule has 1 aromatic rings. The highest BCUT2D eigenvalue weighted by Crippen LogP contribution is 2.32. The first kappa shape index (κ1) is 15.6. The predicted molar refractivity (Wildman–Crippen MR) is 80.4 cm³/mol. The molecule has 0 saturated carbocycles. The molecule has 1 aromatic carbocycles. The molecule has 1 aliphatic rings. The molecule has 3 nitrogen and oxygen atoms in total. The lowest BCUT2D eigenvalue weighted by Gasteiger charge is -2.34. The second-order valence-corrected chi connectivity index (χ2v) is 5.31. The van der Waals surface area contributed by atoms with Crippen LogP contribution >= 0.6 is 11.6 Å². The monoisotopic (exact) mass is 313 g/mol. The molecule has 0 radical (unpaired) electrons. The highest BCUT2D eigenvalue weighted by molar-refractivity contribution is 6.53. The van der Waals surface area contributed by atoms with Gasteiger partial charge in [0.1, 0.15) is 14.1 Å². The molecule has 0 bridgehead atoms. The summed E-state index contributed by atoms with van der Waals surface area (Å²) in [5, 5.41) is 0.524. The minimum absolute atomic E-state index is 0.0562. The Hall–Kier alpha value is -1.82. The van der Waals surface area contributed by atoms with Gasteiger partial charge in [-0.2, -0.15) is 0 Å². The lowest BCUT2D eigenvalue weighted by molar-refractivity contribution is -0.464. The summed E-state index contributed by atoms with van der Waals surface area (Å²) in [7, 11) is -0.749. The zero-order valence-electron chi connectivity index (χ0n) is 11.9. The topological polar surface area (TPSA) is 21.5 Å². The van der Waals surface area contributed by atoms with Crippen LogP contribution in [0.15, 0.2) is 42.2 Å². The first-order valence-corrected chi connectivity index (χ1v) is 6.73. The minimum Gasteiger partial charge on any atom is -0.627 e. The fourth-order valence-electron chi connectivity index (χ4n) is 1.70. The minimum atomic E-state index is -4.39. The average Bonchev–Trinajstić information content (AvgIpc) is 2.37. The van der Waals surface area contributed by atoms with Crippen LogP contribution in [0.25, 0.3) is 5.76 Å². The maximum absolute atomic E-state index is 13.6. The van der Waals surface area contributed by atoms with Gasteiger partial charge in [-0.25, -0.2) is 4.58 Å². The second-order valence-electron chi connectivity index (χ2n) is 4.87. The number of halogens is 3. The van der Waals surface area contributed by atoms with Crippen molar-refractivity contribution in [1.29, 1.82) is 0 Å². The highest BCUT2D eigenvalue weighted by Gasteiger charge is 2.37. The van der Waals surface area contributed by atoms with Crippen LogP contribution in [0.2, 0.25) is 5.02 Å². The Labute approximate surface area is 127 Å². The van der Waals surface area contributed by atoms with E-state index in [4.69, 9.17) is 11.6 Å². The maximum Gasteiger partial charge on any atom is 0.725 e. The first-order chi connectivity index (χ1) is 9.77. The van der Waals surface area contributed by atoms with Crippen molar-refractivity contribution in [3.63, 3.8) is 0 Å². The van der Waals surface area contributed by atoms with Crippen molar-refractivity contribution in [3.8, 4) is 0 Å². The number of benzene rings is 1. The molecule has 0 aliphatic carbocycles. The molecule has 0 unspecified atom stereocenters. The zero-order valence-corrected chi connectivity index (χ0v) is 12.7. The van der Waals surface area contributed by atoms with Crippen LogP contribution in [0.4, 0.5) is 8.63 Å². The van der Waals surface area contributed by atoms with Gasteiger partial charge >= 0.3 is 7.11 Å². The molecular formula is C14H15BClF2NO2. The molecule has 0 atom stereocenters. The molecule has 0 saturated heterocycles. The van der Waals surface area contributed by atoms with E-state index >= 15 is 0 Å². The van der Waals surface area contributed by atoms with Crippen molar-refractivity contribution < 1.29 is 22.5 Å². The molecule has 21 heavy (non-hydrogen) atoms. The molecule has 1 heterocycles. The van der Waals surface area contributed by atoms with Gasteiger partial charge in [-0.3, -0.25) is 0 Å². The smallest absolute Gasteiger partial charge is 0.627 e. The molecule has 7 heteroatoms. The summed E-state index contributed by atoms with van der Waals surface area (Å²) in [4.78, 5) is 0. The number of hydrogen-bond donors (Lipinski definition) is 0. The number of rotatable bonds is 2. The molecule has 0 fully saturated rings. The van der Waals surface area contributed by atoms with Crippen LogP contribution in [0.3, 0.4) is 0 Å². The van der Waals surface area contributed by atoms with E-state index in [0.29, 0.717) is 10.6 Å². The van der Waals surface area contributed by atoms with Crippen LogP contribution in [0.5, 0.6) is 0 Å². The van der Waals surface area contributed by atoms with Gasteiger partial charge in [0.15, 0.2) is 5.71 Å². The maximum atomic E-state index is 13.6. The van der Waals surface area contributed by atoms with E-state index in [2.05, 4.69) is 9.31 Å². The zero-order chi connectivity index (χ0) is 15.6. The fraction of sp³-hybridized carbons (Fsp3) is 0.214. The molecule has 112 valence electrons. The molecule has 1 aliphatic heterocycles. The van der Waals surface area contributed by atoms with Crippen LogP contribution in [0, 0.1) is 0 Å². The Balaban J connectivity index is 2.42. The Morgan fingerprint density at radius 3 is 2.38 bits per heavy atom. The summed E-state index contributed by atoms with van der Waals surface area (Å²) in [6, 6.07) is 6.46. The van der Waals surface area contributed by atoms with E-state index in [0.717, 1.165) is 5.71 Å². The van der Waals surface area contributed by atoms with Gasteiger partial charge in [0.05, 0.1) is 11.5 Å². The van der Waals surface area contributed by atoms with Gasteiger partial charge in [-0.05, 0) is 24.3 Å². The van der Waals surface area contributed by atoms with Crippen molar-refractivity contribution in [2.45, 2.75) is 6.92 Å². The van der Waals surface area contributed by atoms with Crippen molar-refractivity contribution in [2.24, 2.45) is 0 Å². The molecule has 2 rings (SSSR count). The summed E-state index contributed by atoms with van der Waals surface area (Å²) in [5.41, 5.74) is 1.29. The van der Waals surface area contributed by atoms with Gasteiger partial charge < -0.3 is 17.9 Å². The standard InChI is InChI=1S/C14H15BClF2NO2/c1-10(19(2)3)8-13-9-14(21-15(17,18)20-13)11-4-6-12(16)7-5-11/h4-9H,1-3H3/b13-8-. The highest BCUT2D eigenvalue weighted by atomic mass is 35.5. The first-order valence-electron chi connectivity index (χ1n) is 6.35. The Kier molecular flexibility index (Phi) is 4.37. The van der Waals surface area contributed by atoms with Crippen LogP contribution in [-0.2, 0) is 9.31 Å². The number of hydrogen-bond acceptors (Lipinski definition) is 2. The summed E-state index contributed by atoms with van der Waals surface area (Å²) < 4.78 is 38.2. The third-order valence-electron chi connectivity index (χ3n) is 3.00.